The van der Waals surface area contributed by atoms with Gasteiger partial charge in [0.2, 0.25) is 13.6 Å². The number of ether oxygens (including phenoxy) is 5. The Morgan fingerprint density at radius 2 is 1.25 bits per heavy atom. The molecule has 0 N–H and O–H groups in total. The number of rotatable bonds is 16. The molecule has 0 unspecified atom stereocenters. The molecule has 2 aromatic rings. The van der Waals surface area contributed by atoms with Gasteiger partial charge in [-0.15, -0.1) is 13.2 Å². The van der Waals surface area contributed by atoms with E-state index in [9.17, 15) is 14.4 Å². The lowest BCUT2D eigenvalue weighted by atomic mass is 9.97. The Kier molecular flexibility index (Phi) is 13.4. The Bertz CT molecular complexity index is 1340. The van der Waals surface area contributed by atoms with Crippen LogP contribution in [0.15, 0.2) is 61.7 Å². The summed E-state index contributed by atoms with van der Waals surface area (Å²) in [6.07, 6.45) is 8.41. The molecule has 8 heteroatoms. The van der Waals surface area contributed by atoms with E-state index >= 15 is 0 Å². The maximum Gasteiger partial charge on any atom is 0.314 e. The molecule has 0 radical (unpaired) electrons. The van der Waals surface area contributed by atoms with Crippen LogP contribution in [-0.2, 0) is 31.9 Å². The minimum Gasteiger partial charge on any atom is -0.493 e. The maximum absolute atomic E-state index is 13.2. The second-order valence-electron chi connectivity index (χ2n) is 12.2. The molecule has 0 atom stereocenters. The summed E-state index contributed by atoms with van der Waals surface area (Å²) in [4.78, 5) is 37.5. The molecule has 8 nitrogen and oxygen atoms in total. The molecule has 0 spiro atoms. The summed E-state index contributed by atoms with van der Waals surface area (Å²) in [5.41, 5.74) is 1.33. The van der Waals surface area contributed by atoms with Crippen LogP contribution in [0.3, 0.4) is 0 Å². The summed E-state index contributed by atoms with van der Waals surface area (Å²) in [5, 5.41) is 0. The van der Waals surface area contributed by atoms with E-state index in [1.165, 1.54) is 6.08 Å². The van der Waals surface area contributed by atoms with Crippen LogP contribution in [0.5, 0.6) is 17.2 Å². The molecule has 0 saturated carbocycles. The zero-order chi connectivity index (χ0) is 32.9. The molecular formula is C36H46O8. The van der Waals surface area contributed by atoms with Crippen LogP contribution in [0.25, 0.3) is 6.08 Å². The monoisotopic (exact) mass is 606 g/mol. The number of benzene rings is 2. The first-order valence-electron chi connectivity index (χ1n) is 14.7. The third kappa shape index (κ3) is 10.7. The van der Waals surface area contributed by atoms with Gasteiger partial charge in [0.15, 0.2) is 5.78 Å². The quantitative estimate of drug-likeness (QED) is 0.0631. The van der Waals surface area contributed by atoms with Crippen molar-refractivity contribution in [3.8, 4) is 17.2 Å². The molecule has 0 aliphatic rings. The van der Waals surface area contributed by atoms with Crippen molar-refractivity contribution in [2.45, 2.75) is 67.7 Å². The summed E-state index contributed by atoms with van der Waals surface area (Å²) in [6.45, 7) is 20.2. The second-order valence-corrected chi connectivity index (χ2v) is 12.2. The average molecular weight is 607 g/mol. The molecule has 2 rings (SSSR count). The van der Waals surface area contributed by atoms with Crippen molar-refractivity contribution in [1.29, 1.82) is 0 Å². The number of ketones is 1. The molecule has 0 saturated heterocycles. The van der Waals surface area contributed by atoms with Crippen molar-refractivity contribution in [1.82, 2.24) is 0 Å². The van der Waals surface area contributed by atoms with Gasteiger partial charge in [0, 0.05) is 5.56 Å². The van der Waals surface area contributed by atoms with E-state index in [2.05, 4.69) is 13.2 Å². The standard InChI is InChI=1S/C36H46O8/c1-10-13-26-22-27(14-11-2)32(42-24-44-34(39)36(7,8)9)29(31(26)40-21-12-3)19-20-30(37)25-15-17-28(18-16-25)41-23-43-33(38)35(4,5)6/h10-11,15-20,22H,1-2,12-14,21,23-24H2,3-9H3. The molecule has 0 heterocycles. The van der Waals surface area contributed by atoms with Crippen LogP contribution >= 0.6 is 0 Å². The Hall–Kier alpha value is -4.33. The number of esters is 2. The van der Waals surface area contributed by atoms with Crippen LogP contribution in [0, 0.1) is 10.8 Å². The number of carbonyl (C=O) groups is 3. The SMILES string of the molecule is C=CCc1cc(CC=C)c(OCOC(=O)C(C)(C)C)c(C=CC(=O)c2ccc(OCOC(=O)C(C)(C)C)cc2)c1OCCC. The third-order valence-corrected chi connectivity index (χ3v) is 6.17. The summed E-state index contributed by atoms with van der Waals surface area (Å²) >= 11 is 0. The molecule has 238 valence electrons. The predicted molar refractivity (Wildman–Crippen MR) is 172 cm³/mol. The van der Waals surface area contributed by atoms with Gasteiger partial charge in [0.05, 0.1) is 23.0 Å². The lowest BCUT2D eigenvalue weighted by Crippen LogP contribution is -2.25. The zero-order valence-corrected chi connectivity index (χ0v) is 27.1. The third-order valence-electron chi connectivity index (χ3n) is 6.17. The van der Waals surface area contributed by atoms with Crippen molar-refractivity contribution in [3.05, 3.63) is 84.0 Å². The van der Waals surface area contributed by atoms with Crippen LogP contribution < -0.4 is 14.2 Å². The second kappa shape index (κ2) is 16.5. The van der Waals surface area contributed by atoms with E-state index in [1.807, 2.05) is 13.0 Å². The van der Waals surface area contributed by atoms with E-state index < -0.39 is 16.8 Å². The minimum absolute atomic E-state index is 0.230. The molecule has 0 bridgehead atoms. The summed E-state index contributed by atoms with van der Waals surface area (Å²) in [6, 6.07) is 8.48. The Morgan fingerprint density at radius 1 is 0.750 bits per heavy atom. The first-order chi connectivity index (χ1) is 20.7. The normalized spacial score (nSPS) is 11.5. The van der Waals surface area contributed by atoms with Gasteiger partial charge < -0.3 is 23.7 Å². The van der Waals surface area contributed by atoms with Gasteiger partial charge in [-0.2, -0.15) is 0 Å². The highest BCUT2D eigenvalue weighted by molar-refractivity contribution is 6.07. The smallest absolute Gasteiger partial charge is 0.314 e. The van der Waals surface area contributed by atoms with Crippen molar-refractivity contribution in [2.75, 3.05) is 20.2 Å². The number of hydrogen-bond acceptors (Lipinski definition) is 8. The summed E-state index contributed by atoms with van der Waals surface area (Å²) in [7, 11) is 0. The topological polar surface area (TPSA) is 97.4 Å². The molecular weight excluding hydrogens is 560 g/mol. The lowest BCUT2D eigenvalue weighted by molar-refractivity contribution is -0.160. The fourth-order valence-corrected chi connectivity index (χ4v) is 3.80. The molecule has 0 amide bonds. The highest BCUT2D eigenvalue weighted by Gasteiger charge is 2.25. The van der Waals surface area contributed by atoms with Gasteiger partial charge >= 0.3 is 11.9 Å². The Morgan fingerprint density at radius 3 is 1.73 bits per heavy atom. The van der Waals surface area contributed by atoms with Gasteiger partial charge in [-0.25, -0.2) is 0 Å². The highest BCUT2D eigenvalue weighted by Crippen LogP contribution is 2.39. The first-order valence-corrected chi connectivity index (χ1v) is 14.7. The Labute approximate surface area is 261 Å². The zero-order valence-electron chi connectivity index (χ0n) is 27.1. The predicted octanol–water partition coefficient (Wildman–Crippen LogP) is 7.68. The Balaban J connectivity index is 2.41. The van der Waals surface area contributed by atoms with Crippen LogP contribution in [0.1, 0.15) is 81.9 Å². The average Bonchev–Trinajstić information content (AvgIpc) is 2.95. The van der Waals surface area contributed by atoms with E-state index in [0.717, 1.165) is 17.5 Å². The van der Waals surface area contributed by atoms with Gasteiger partial charge in [0.25, 0.3) is 0 Å². The van der Waals surface area contributed by atoms with E-state index in [0.29, 0.717) is 47.8 Å². The minimum atomic E-state index is -0.691. The lowest BCUT2D eigenvalue weighted by Gasteiger charge is -2.22. The van der Waals surface area contributed by atoms with E-state index in [1.54, 1.807) is 84.0 Å². The number of allylic oxidation sites excluding steroid dienone is 3. The molecule has 2 aromatic carbocycles. The van der Waals surface area contributed by atoms with Crippen molar-refractivity contribution in [2.24, 2.45) is 10.8 Å². The van der Waals surface area contributed by atoms with Crippen molar-refractivity contribution in [3.63, 3.8) is 0 Å². The highest BCUT2D eigenvalue weighted by atomic mass is 16.7. The first kappa shape index (κ1) is 35.9. The van der Waals surface area contributed by atoms with Crippen LogP contribution in [-0.4, -0.2) is 37.9 Å². The molecule has 44 heavy (non-hydrogen) atoms. The van der Waals surface area contributed by atoms with Gasteiger partial charge in [0.1, 0.15) is 17.2 Å². The molecule has 0 aliphatic heterocycles. The fraction of sp³-hybridized carbons (Fsp3) is 0.417. The molecule has 0 aliphatic carbocycles. The molecule has 0 fully saturated rings. The largest absolute Gasteiger partial charge is 0.493 e. The number of carbonyl (C=O) groups excluding carboxylic acids is 3. The van der Waals surface area contributed by atoms with E-state index in [4.69, 9.17) is 23.7 Å². The maximum atomic E-state index is 13.2. The van der Waals surface area contributed by atoms with Crippen molar-refractivity contribution < 1.29 is 38.1 Å². The summed E-state index contributed by atoms with van der Waals surface area (Å²) in [5.74, 6) is 0.412. The van der Waals surface area contributed by atoms with Crippen LogP contribution in [0.2, 0.25) is 0 Å². The summed E-state index contributed by atoms with van der Waals surface area (Å²) < 4.78 is 28.3. The van der Waals surface area contributed by atoms with Gasteiger partial charge in [-0.3, -0.25) is 14.4 Å². The van der Waals surface area contributed by atoms with Crippen LogP contribution in [0.4, 0.5) is 0 Å². The van der Waals surface area contributed by atoms with Gasteiger partial charge in [-0.05, 0) is 114 Å². The fourth-order valence-electron chi connectivity index (χ4n) is 3.80. The van der Waals surface area contributed by atoms with Gasteiger partial charge in [-0.1, -0.05) is 19.1 Å². The van der Waals surface area contributed by atoms with E-state index in [-0.39, 0.29) is 25.3 Å². The van der Waals surface area contributed by atoms with Crippen molar-refractivity contribution >= 4 is 23.8 Å². The molecule has 0 aromatic heterocycles. The number of hydrogen-bond donors (Lipinski definition) is 0.